The Bertz CT molecular complexity index is 446. The van der Waals surface area contributed by atoms with Gasteiger partial charge in [-0.2, -0.15) is 0 Å². The predicted octanol–water partition coefficient (Wildman–Crippen LogP) is -0.01000. The van der Waals surface area contributed by atoms with Gasteiger partial charge >= 0.3 is 0 Å². The van der Waals surface area contributed by atoms with Gasteiger partial charge in [0.1, 0.15) is 5.84 Å². The Morgan fingerprint density at radius 2 is 2.17 bits per heavy atom. The fraction of sp³-hybridized carbons (Fsp3) is 0.364. The number of nitrogens with one attached hydrogen (secondary N) is 1. The highest BCUT2D eigenvalue weighted by molar-refractivity contribution is 5.92. The van der Waals surface area contributed by atoms with E-state index in [1.165, 1.54) is 0 Å². The van der Waals surface area contributed by atoms with E-state index < -0.39 is 0 Å². The van der Waals surface area contributed by atoms with Crippen molar-refractivity contribution in [2.75, 3.05) is 5.32 Å². The first-order valence-corrected chi connectivity index (χ1v) is 5.58. The molecule has 0 aliphatic carbocycles. The van der Waals surface area contributed by atoms with E-state index in [4.69, 9.17) is 17.2 Å². The molecule has 0 saturated heterocycles. The summed E-state index contributed by atoms with van der Waals surface area (Å²) >= 11 is 0. The largest absolute Gasteiger partial charge is 0.386 e. The molecule has 1 atom stereocenters. The van der Waals surface area contributed by atoms with E-state index in [1.807, 2.05) is 13.0 Å². The second-order valence-electron chi connectivity index (χ2n) is 4.07. The predicted molar refractivity (Wildman–Crippen MR) is 74.1 cm³/mol. The third kappa shape index (κ3) is 5.26. The minimum absolute atomic E-state index is 0.0586. The van der Waals surface area contributed by atoms with Crippen LogP contribution >= 0.6 is 0 Å². The average Bonchev–Trinajstić information content (AvgIpc) is 2.26. The summed E-state index contributed by atoms with van der Waals surface area (Å²) < 4.78 is 0. The summed E-state index contributed by atoms with van der Waals surface area (Å²) in [5.41, 5.74) is 18.4. The lowest BCUT2D eigenvalue weighted by molar-refractivity contribution is 0.722. The topological polar surface area (TPSA) is 128 Å². The molecule has 1 rings (SSSR count). The average molecular weight is 249 g/mol. The summed E-state index contributed by atoms with van der Waals surface area (Å²) in [4.78, 5) is 4.21. The van der Waals surface area contributed by atoms with Crippen molar-refractivity contribution < 1.29 is 0 Å². The fourth-order valence-electron chi connectivity index (χ4n) is 1.30. The second-order valence-corrected chi connectivity index (χ2v) is 4.07. The van der Waals surface area contributed by atoms with Crippen molar-refractivity contribution in [3.63, 3.8) is 0 Å². The van der Waals surface area contributed by atoms with E-state index in [2.05, 4.69) is 20.5 Å². The molecule has 7 nitrogen and oxygen atoms in total. The molecule has 98 valence electrons. The molecule has 0 amide bonds. The maximum Gasteiger partial charge on any atom is 0.218 e. The van der Waals surface area contributed by atoms with Gasteiger partial charge in [0.2, 0.25) is 5.96 Å². The van der Waals surface area contributed by atoms with Gasteiger partial charge in [0, 0.05) is 30.0 Å². The molecule has 7 N–H and O–H groups in total. The Balaban J connectivity index is 2.73. The van der Waals surface area contributed by atoms with Gasteiger partial charge in [-0.25, -0.2) is 0 Å². The molecule has 0 aliphatic rings. The summed E-state index contributed by atoms with van der Waals surface area (Å²) in [6.45, 7) is 3.56. The minimum Gasteiger partial charge on any atom is -0.386 e. The third-order valence-corrected chi connectivity index (χ3v) is 1.94. The van der Waals surface area contributed by atoms with Crippen LogP contribution in [0.2, 0.25) is 0 Å². The zero-order valence-corrected chi connectivity index (χ0v) is 10.6. The molecule has 0 bridgehead atoms. The van der Waals surface area contributed by atoms with E-state index in [0.29, 0.717) is 12.3 Å². The maximum absolute atomic E-state index is 5.72. The number of guanidine groups is 1. The van der Waals surface area contributed by atoms with Crippen LogP contribution in [0.15, 0.2) is 28.5 Å². The number of hydrogen-bond acceptors (Lipinski definition) is 4. The molecule has 1 aromatic rings. The number of hydrogen-bond donors (Lipinski definition) is 4. The molecule has 0 spiro atoms. The highest BCUT2D eigenvalue weighted by atomic mass is 15.3. The van der Waals surface area contributed by atoms with Gasteiger partial charge in [-0.3, -0.25) is 4.98 Å². The quantitative estimate of drug-likeness (QED) is 0.339. The van der Waals surface area contributed by atoms with Gasteiger partial charge in [0.05, 0.1) is 0 Å². The van der Waals surface area contributed by atoms with E-state index in [0.717, 1.165) is 11.4 Å². The fourth-order valence-corrected chi connectivity index (χ4v) is 1.30. The van der Waals surface area contributed by atoms with E-state index in [9.17, 15) is 0 Å². The van der Waals surface area contributed by atoms with Crippen molar-refractivity contribution in [2.24, 2.45) is 27.4 Å². The molecule has 0 fully saturated rings. The van der Waals surface area contributed by atoms with Crippen LogP contribution in [-0.2, 0) is 6.42 Å². The third-order valence-electron chi connectivity index (χ3n) is 1.94. The lowest BCUT2D eigenvalue weighted by Crippen LogP contribution is -2.23. The summed E-state index contributed by atoms with van der Waals surface area (Å²) in [7, 11) is 0. The lowest BCUT2D eigenvalue weighted by atomic mass is 10.2. The molecule has 1 aromatic heterocycles. The maximum atomic E-state index is 5.72. The van der Waals surface area contributed by atoms with Crippen molar-refractivity contribution in [3.05, 3.63) is 24.0 Å². The Morgan fingerprint density at radius 3 is 2.78 bits per heavy atom. The van der Waals surface area contributed by atoms with Crippen molar-refractivity contribution in [1.29, 1.82) is 0 Å². The summed E-state index contributed by atoms with van der Waals surface area (Å²) in [5, 5.41) is 10.3. The SMILES string of the molecule is C/C(N)=N/N=C(\N)Nc1ccnc(CC(C)N)c1. The Labute approximate surface area is 106 Å². The highest BCUT2D eigenvalue weighted by Crippen LogP contribution is 2.08. The summed E-state index contributed by atoms with van der Waals surface area (Å²) in [6.07, 6.45) is 2.39. The van der Waals surface area contributed by atoms with Crippen molar-refractivity contribution in [2.45, 2.75) is 26.3 Å². The molecule has 0 radical (unpaired) electrons. The Kier molecular flexibility index (Phi) is 5.06. The van der Waals surface area contributed by atoms with Gasteiger partial charge in [-0.1, -0.05) is 0 Å². The van der Waals surface area contributed by atoms with Crippen LogP contribution in [0.5, 0.6) is 0 Å². The van der Waals surface area contributed by atoms with Crippen LogP contribution in [0.3, 0.4) is 0 Å². The summed E-state index contributed by atoms with van der Waals surface area (Å²) in [5.74, 6) is 0.505. The lowest BCUT2D eigenvalue weighted by Gasteiger charge is -2.07. The van der Waals surface area contributed by atoms with Crippen LogP contribution in [0.4, 0.5) is 5.69 Å². The van der Waals surface area contributed by atoms with E-state index in [-0.39, 0.29) is 12.0 Å². The summed E-state index contributed by atoms with van der Waals surface area (Å²) in [6, 6.07) is 3.71. The van der Waals surface area contributed by atoms with Crippen molar-refractivity contribution in [1.82, 2.24) is 4.98 Å². The number of nitrogens with zero attached hydrogens (tertiary/aromatic N) is 3. The molecular formula is C11H19N7. The number of pyridine rings is 1. The van der Waals surface area contributed by atoms with E-state index in [1.54, 1.807) is 19.2 Å². The second kappa shape index (κ2) is 6.55. The highest BCUT2D eigenvalue weighted by Gasteiger charge is 2.01. The number of nitrogens with two attached hydrogens (primary N) is 3. The zero-order chi connectivity index (χ0) is 13.5. The minimum atomic E-state index is 0.0586. The molecule has 18 heavy (non-hydrogen) atoms. The van der Waals surface area contributed by atoms with Crippen molar-refractivity contribution >= 4 is 17.5 Å². The normalized spacial score (nSPS) is 14.4. The number of anilines is 1. The van der Waals surface area contributed by atoms with Gasteiger partial charge < -0.3 is 22.5 Å². The number of amidine groups is 1. The van der Waals surface area contributed by atoms with Gasteiger partial charge in [0.15, 0.2) is 0 Å². The first-order valence-electron chi connectivity index (χ1n) is 5.58. The first-order chi connectivity index (χ1) is 8.47. The van der Waals surface area contributed by atoms with Gasteiger partial charge in [0.25, 0.3) is 0 Å². The Morgan fingerprint density at radius 1 is 1.44 bits per heavy atom. The molecule has 0 aliphatic heterocycles. The monoisotopic (exact) mass is 249 g/mol. The number of rotatable bonds is 4. The molecule has 0 saturated carbocycles. The molecule has 1 unspecified atom stereocenters. The molecule has 0 aromatic carbocycles. The zero-order valence-electron chi connectivity index (χ0n) is 10.6. The Hall–Kier alpha value is -2.15. The standard InChI is InChI=1S/C11H19N7/c1-7(12)5-10-6-9(3-4-15-10)16-11(14)18-17-8(2)13/h3-4,6-7H,5,12H2,1-2H3,(H2,13,17)(H3,14,15,16,18). The molecular weight excluding hydrogens is 230 g/mol. The molecule has 7 heteroatoms. The van der Waals surface area contributed by atoms with Gasteiger partial charge in [-0.05, 0) is 26.0 Å². The van der Waals surface area contributed by atoms with Gasteiger partial charge in [-0.15, -0.1) is 10.2 Å². The number of aromatic nitrogens is 1. The van der Waals surface area contributed by atoms with E-state index >= 15 is 0 Å². The van der Waals surface area contributed by atoms with Crippen LogP contribution in [0, 0.1) is 0 Å². The van der Waals surface area contributed by atoms with Crippen LogP contribution in [0.1, 0.15) is 19.5 Å². The molecule has 1 heterocycles. The van der Waals surface area contributed by atoms with Crippen molar-refractivity contribution in [3.8, 4) is 0 Å². The smallest absolute Gasteiger partial charge is 0.218 e. The van der Waals surface area contributed by atoms with Crippen LogP contribution < -0.4 is 22.5 Å². The van der Waals surface area contributed by atoms with Crippen LogP contribution in [0.25, 0.3) is 0 Å². The first kappa shape index (κ1) is 13.9. The van der Waals surface area contributed by atoms with Crippen LogP contribution in [-0.4, -0.2) is 22.8 Å².